The van der Waals surface area contributed by atoms with Gasteiger partial charge in [0.05, 0.1) is 18.7 Å². The molecule has 0 radical (unpaired) electrons. The van der Waals surface area contributed by atoms with E-state index in [2.05, 4.69) is 15.6 Å². The summed E-state index contributed by atoms with van der Waals surface area (Å²) in [4.78, 5) is 30.3. The maximum Gasteiger partial charge on any atom is 0.248 e. The molecule has 0 unspecified atom stereocenters. The van der Waals surface area contributed by atoms with Gasteiger partial charge in [-0.05, 0) is 66.6 Å². The molecule has 9 nitrogen and oxygen atoms in total. The fourth-order valence-electron chi connectivity index (χ4n) is 4.69. The van der Waals surface area contributed by atoms with Crippen LogP contribution in [-0.4, -0.2) is 58.1 Å². The Hall–Kier alpha value is -3.76. The second-order valence-corrected chi connectivity index (χ2v) is 10.3. The van der Waals surface area contributed by atoms with E-state index in [1.165, 1.54) is 11.3 Å². The number of hydrogen-bond donors (Lipinski definition) is 1. The number of carbonyl (C=O) groups is 2. The number of benzene rings is 2. The molecule has 1 N–H and O–H groups in total. The Balaban J connectivity index is 1.48. The van der Waals surface area contributed by atoms with Crippen LogP contribution in [0.25, 0.3) is 11.0 Å². The molecule has 0 aliphatic carbocycles. The van der Waals surface area contributed by atoms with Gasteiger partial charge in [-0.25, -0.2) is 4.68 Å². The van der Waals surface area contributed by atoms with Gasteiger partial charge >= 0.3 is 0 Å². The molecule has 1 aliphatic rings. The van der Waals surface area contributed by atoms with E-state index in [1.54, 1.807) is 16.7 Å². The number of hydrogen-bond acceptors (Lipinski definition) is 7. The number of nitrogens with zero attached hydrogens (tertiary/aromatic N) is 4. The topological polar surface area (TPSA) is 98.6 Å². The maximum atomic E-state index is 14.0. The molecule has 0 saturated carbocycles. The fraction of sp³-hybridized carbons (Fsp3) is 0.357. The quantitative estimate of drug-likeness (QED) is 0.332. The summed E-state index contributed by atoms with van der Waals surface area (Å²) in [6, 6.07) is 16.2. The molecule has 1 fully saturated rings. The van der Waals surface area contributed by atoms with Crippen LogP contribution in [0, 0.1) is 6.92 Å². The Labute approximate surface area is 225 Å². The number of carbonyl (C=O) groups excluding carboxylic acids is 2. The maximum absolute atomic E-state index is 14.0. The summed E-state index contributed by atoms with van der Waals surface area (Å²) >= 11 is 1.48. The number of aromatic nitrogens is 3. The lowest BCUT2D eigenvalue weighted by Gasteiger charge is -2.31. The van der Waals surface area contributed by atoms with E-state index < -0.39 is 6.04 Å². The highest BCUT2D eigenvalue weighted by molar-refractivity contribution is 7.10. The molecule has 2 amide bonds. The number of thiophene rings is 1. The fourth-order valence-corrected chi connectivity index (χ4v) is 5.72. The molecule has 5 rings (SSSR count). The standard InChI is InChI=1S/C28H31N5O4S/c1-19-13-15-38-27(19)26(28(35)29-16-22-6-5-14-37-22)32(17-20-9-11-21(36-2)12-10-20)25(34)18-33-24-8-4-3-7-23(24)30-31-33/h3-4,7-13,15,22,26H,5-6,14,16-18H2,1-2H3,(H,29,35)/t22-,26+/m0/s1. The second-order valence-electron chi connectivity index (χ2n) is 9.36. The van der Waals surface area contributed by atoms with Crippen molar-refractivity contribution in [1.29, 1.82) is 0 Å². The molecule has 0 bridgehead atoms. The zero-order valence-electron chi connectivity index (χ0n) is 21.5. The van der Waals surface area contributed by atoms with Crippen molar-refractivity contribution in [2.45, 2.75) is 45.0 Å². The number of fused-ring (bicyclic) bond motifs is 1. The third-order valence-electron chi connectivity index (χ3n) is 6.78. The number of para-hydroxylation sites is 1. The van der Waals surface area contributed by atoms with Crippen LogP contribution in [0.5, 0.6) is 5.75 Å². The number of methoxy groups -OCH3 is 1. The van der Waals surface area contributed by atoms with Gasteiger partial charge in [0.25, 0.3) is 0 Å². The molecule has 0 spiro atoms. The molecular formula is C28H31N5O4S. The average molecular weight is 534 g/mol. The van der Waals surface area contributed by atoms with E-state index in [9.17, 15) is 9.59 Å². The lowest BCUT2D eigenvalue weighted by molar-refractivity contribution is -0.142. The number of amides is 2. The van der Waals surface area contributed by atoms with Crippen LogP contribution in [0.2, 0.25) is 0 Å². The van der Waals surface area contributed by atoms with Gasteiger partial charge in [-0.15, -0.1) is 16.4 Å². The van der Waals surface area contributed by atoms with Gasteiger partial charge in [-0.3, -0.25) is 9.59 Å². The minimum absolute atomic E-state index is 0.00344. The predicted molar refractivity (Wildman–Crippen MR) is 145 cm³/mol. The summed E-state index contributed by atoms with van der Waals surface area (Å²) in [6.07, 6.45) is 1.90. The highest BCUT2D eigenvalue weighted by atomic mass is 32.1. The Bertz CT molecular complexity index is 1390. The minimum atomic E-state index is -0.805. The summed E-state index contributed by atoms with van der Waals surface area (Å²) in [7, 11) is 1.61. The van der Waals surface area contributed by atoms with Gasteiger partial charge in [0.1, 0.15) is 23.9 Å². The Kier molecular flexibility index (Phi) is 8.00. The Morgan fingerprint density at radius 2 is 2.03 bits per heavy atom. The second kappa shape index (κ2) is 11.7. The van der Waals surface area contributed by atoms with E-state index in [0.29, 0.717) is 18.7 Å². The Morgan fingerprint density at radius 1 is 1.21 bits per heavy atom. The normalized spacial score (nSPS) is 15.9. The molecule has 10 heteroatoms. The predicted octanol–water partition coefficient (Wildman–Crippen LogP) is 3.88. The third kappa shape index (κ3) is 5.71. The SMILES string of the molecule is COc1ccc(CN(C(=O)Cn2nnc3ccccc32)[C@@H](C(=O)NC[C@@H]2CCCO2)c2sccc2C)cc1. The number of ether oxygens (including phenoxy) is 2. The van der Waals surface area contributed by atoms with Gasteiger partial charge < -0.3 is 19.7 Å². The van der Waals surface area contributed by atoms with Crippen LogP contribution in [0.3, 0.4) is 0 Å². The summed E-state index contributed by atoms with van der Waals surface area (Å²) < 4.78 is 12.6. The third-order valence-corrected chi connectivity index (χ3v) is 7.85. The molecule has 4 aromatic rings. The number of aryl methyl sites for hydroxylation is 1. The lowest BCUT2D eigenvalue weighted by Crippen LogP contribution is -2.46. The first kappa shape index (κ1) is 25.9. The zero-order valence-corrected chi connectivity index (χ0v) is 22.3. The van der Waals surface area contributed by atoms with Gasteiger partial charge in [-0.2, -0.15) is 0 Å². The highest BCUT2D eigenvalue weighted by Crippen LogP contribution is 2.31. The van der Waals surface area contributed by atoms with Crippen LogP contribution in [0.1, 0.15) is 34.9 Å². The first-order valence-electron chi connectivity index (χ1n) is 12.7. The number of rotatable bonds is 10. The summed E-state index contributed by atoms with van der Waals surface area (Å²) in [6.45, 7) is 3.29. The van der Waals surface area contributed by atoms with Gasteiger partial charge in [0.15, 0.2) is 0 Å². The van der Waals surface area contributed by atoms with Crippen molar-refractivity contribution in [2.75, 3.05) is 20.3 Å². The van der Waals surface area contributed by atoms with Crippen molar-refractivity contribution in [1.82, 2.24) is 25.2 Å². The van der Waals surface area contributed by atoms with Crippen molar-refractivity contribution in [3.05, 3.63) is 76.0 Å². The first-order valence-corrected chi connectivity index (χ1v) is 13.6. The summed E-state index contributed by atoms with van der Waals surface area (Å²) in [5.74, 6) is 0.263. The van der Waals surface area contributed by atoms with E-state index in [4.69, 9.17) is 9.47 Å². The molecular weight excluding hydrogens is 502 g/mol. The van der Waals surface area contributed by atoms with Gasteiger partial charge in [0, 0.05) is 24.6 Å². The van der Waals surface area contributed by atoms with E-state index in [-0.39, 0.29) is 31.0 Å². The van der Waals surface area contributed by atoms with Gasteiger partial charge in [0.2, 0.25) is 11.8 Å². The lowest BCUT2D eigenvalue weighted by atomic mass is 10.1. The Morgan fingerprint density at radius 3 is 2.74 bits per heavy atom. The molecule has 38 heavy (non-hydrogen) atoms. The van der Waals surface area contributed by atoms with Crippen LogP contribution in [0.15, 0.2) is 60.0 Å². The molecule has 3 heterocycles. The largest absolute Gasteiger partial charge is 0.497 e. The van der Waals surface area contributed by atoms with Crippen molar-refractivity contribution in [3.63, 3.8) is 0 Å². The monoisotopic (exact) mass is 533 g/mol. The van der Waals surface area contributed by atoms with Crippen LogP contribution < -0.4 is 10.1 Å². The smallest absolute Gasteiger partial charge is 0.248 e. The molecule has 2 aromatic heterocycles. The van der Waals surface area contributed by atoms with Crippen LogP contribution in [0.4, 0.5) is 0 Å². The molecule has 1 aliphatic heterocycles. The molecule has 1 saturated heterocycles. The minimum Gasteiger partial charge on any atom is -0.497 e. The number of nitrogens with one attached hydrogen (secondary N) is 1. The van der Waals surface area contributed by atoms with E-state index >= 15 is 0 Å². The molecule has 198 valence electrons. The summed E-state index contributed by atoms with van der Waals surface area (Å²) in [5.41, 5.74) is 3.32. The molecule has 2 aromatic carbocycles. The van der Waals surface area contributed by atoms with E-state index in [0.717, 1.165) is 40.1 Å². The van der Waals surface area contributed by atoms with E-state index in [1.807, 2.05) is 66.9 Å². The summed E-state index contributed by atoms with van der Waals surface area (Å²) in [5, 5.41) is 13.4. The van der Waals surface area contributed by atoms with Crippen molar-refractivity contribution in [3.8, 4) is 5.75 Å². The first-order chi connectivity index (χ1) is 18.5. The van der Waals surface area contributed by atoms with Crippen molar-refractivity contribution >= 4 is 34.2 Å². The van der Waals surface area contributed by atoms with Crippen molar-refractivity contribution in [2.24, 2.45) is 0 Å². The van der Waals surface area contributed by atoms with Crippen LogP contribution >= 0.6 is 11.3 Å². The zero-order chi connectivity index (χ0) is 26.5. The van der Waals surface area contributed by atoms with Crippen molar-refractivity contribution < 1.29 is 19.1 Å². The van der Waals surface area contributed by atoms with Gasteiger partial charge in [-0.1, -0.05) is 29.5 Å². The molecule has 2 atom stereocenters. The van der Waals surface area contributed by atoms with Crippen LogP contribution in [-0.2, 0) is 27.4 Å². The average Bonchev–Trinajstić information content (AvgIpc) is 3.70. The highest BCUT2D eigenvalue weighted by Gasteiger charge is 2.34.